The molecule has 2 saturated carbocycles. The molecule has 0 aliphatic heterocycles. The van der Waals surface area contributed by atoms with Crippen LogP contribution in [0.1, 0.15) is 53.4 Å². The fourth-order valence-electron chi connectivity index (χ4n) is 3.64. The van der Waals surface area contributed by atoms with E-state index in [-0.39, 0.29) is 0 Å². The SMILES string of the molecule is CC[C@]1(C)[C@H](CC2CC(C)(I)C2)[C@@H]1C. The molecule has 0 aromatic carbocycles. The van der Waals surface area contributed by atoms with Gasteiger partial charge in [-0.1, -0.05) is 56.7 Å². The minimum absolute atomic E-state index is 0.642. The Morgan fingerprint density at radius 1 is 1.29 bits per heavy atom. The molecule has 2 fully saturated rings. The van der Waals surface area contributed by atoms with Crippen LogP contribution < -0.4 is 0 Å². The summed E-state index contributed by atoms with van der Waals surface area (Å²) < 4.78 is 0.642. The van der Waals surface area contributed by atoms with E-state index in [1.807, 2.05) is 0 Å². The lowest BCUT2D eigenvalue weighted by Crippen LogP contribution is -2.35. The fraction of sp³-hybridized carbons (Fsp3) is 1.00. The van der Waals surface area contributed by atoms with Crippen LogP contribution in [-0.4, -0.2) is 3.42 Å². The third-order valence-electron chi connectivity index (χ3n) is 5.16. The van der Waals surface area contributed by atoms with Gasteiger partial charge in [0.05, 0.1) is 0 Å². The van der Waals surface area contributed by atoms with E-state index in [2.05, 4.69) is 50.3 Å². The summed E-state index contributed by atoms with van der Waals surface area (Å²) in [7, 11) is 0. The first-order chi connectivity index (χ1) is 6.39. The molecular weight excluding hydrogens is 283 g/mol. The van der Waals surface area contributed by atoms with Gasteiger partial charge in [0, 0.05) is 3.42 Å². The first-order valence-corrected chi connectivity index (χ1v) is 7.16. The number of halogens is 1. The van der Waals surface area contributed by atoms with Crippen LogP contribution in [0.2, 0.25) is 0 Å². The third kappa shape index (κ3) is 1.74. The van der Waals surface area contributed by atoms with E-state index in [4.69, 9.17) is 0 Å². The Labute approximate surface area is 102 Å². The van der Waals surface area contributed by atoms with Crippen LogP contribution in [0, 0.1) is 23.2 Å². The molecule has 0 amide bonds. The highest BCUT2D eigenvalue weighted by molar-refractivity contribution is 14.1. The van der Waals surface area contributed by atoms with Gasteiger partial charge in [0.2, 0.25) is 0 Å². The first-order valence-electron chi connectivity index (χ1n) is 6.08. The van der Waals surface area contributed by atoms with Gasteiger partial charge in [-0.3, -0.25) is 0 Å². The molecule has 0 bridgehead atoms. The maximum Gasteiger partial charge on any atom is 0.0199 e. The van der Waals surface area contributed by atoms with Gasteiger partial charge in [-0.05, 0) is 42.4 Å². The van der Waals surface area contributed by atoms with Crippen LogP contribution in [0.25, 0.3) is 0 Å². The zero-order valence-corrected chi connectivity index (χ0v) is 12.1. The predicted octanol–water partition coefficient (Wildman–Crippen LogP) is 4.66. The Balaban J connectivity index is 1.79. The zero-order valence-electron chi connectivity index (χ0n) is 9.94. The molecule has 2 aliphatic carbocycles. The fourth-order valence-corrected chi connectivity index (χ4v) is 4.88. The van der Waals surface area contributed by atoms with Crippen molar-refractivity contribution in [3.05, 3.63) is 0 Å². The van der Waals surface area contributed by atoms with Gasteiger partial charge in [-0.15, -0.1) is 0 Å². The summed E-state index contributed by atoms with van der Waals surface area (Å²) in [6, 6.07) is 0. The normalized spacial score (nSPS) is 56.8. The summed E-state index contributed by atoms with van der Waals surface area (Å²) in [4.78, 5) is 0. The van der Waals surface area contributed by atoms with E-state index in [1.54, 1.807) is 0 Å². The van der Waals surface area contributed by atoms with Gasteiger partial charge in [0.25, 0.3) is 0 Å². The van der Waals surface area contributed by atoms with E-state index >= 15 is 0 Å². The molecule has 2 rings (SSSR count). The van der Waals surface area contributed by atoms with Gasteiger partial charge in [-0.2, -0.15) is 0 Å². The highest BCUT2D eigenvalue weighted by Gasteiger charge is 2.57. The second-order valence-corrected chi connectivity index (χ2v) is 8.78. The second-order valence-electron chi connectivity index (χ2n) is 6.18. The lowest BCUT2D eigenvalue weighted by Gasteiger charge is -2.41. The Morgan fingerprint density at radius 2 is 1.86 bits per heavy atom. The molecule has 3 atom stereocenters. The molecule has 0 heterocycles. The molecule has 0 aromatic heterocycles. The maximum absolute atomic E-state index is 2.63. The van der Waals surface area contributed by atoms with Gasteiger partial charge in [0.15, 0.2) is 0 Å². The molecule has 0 saturated heterocycles. The molecule has 0 N–H and O–H groups in total. The van der Waals surface area contributed by atoms with E-state index in [0.717, 1.165) is 17.8 Å². The average molecular weight is 306 g/mol. The van der Waals surface area contributed by atoms with Crippen molar-refractivity contribution >= 4 is 22.6 Å². The van der Waals surface area contributed by atoms with Crippen LogP contribution >= 0.6 is 22.6 Å². The van der Waals surface area contributed by atoms with Crippen molar-refractivity contribution in [1.29, 1.82) is 0 Å². The van der Waals surface area contributed by atoms with Crippen molar-refractivity contribution < 1.29 is 0 Å². The maximum atomic E-state index is 2.63. The lowest BCUT2D eigenvalue weighted by molar-refractivity contribution is 0.224. The lowest BCUT2D eigenvalue weighted by atomic mass is 9.73. The second kappa shape index (κ2) is 3.36. The summed E-state index contributed by atoms with van der Waals surface area (Å²) in [5.74, 6) is 3.09. The Morgan fingerprint density at radius 3 is 2.21 bits per heavy atom. The van der Waals surface area contributed by atoms with Crippen LogP contribution in [0.4, 0.5) is 0 Å². The van der Waals surface area contributed by atoms with Crippen molar-refractivity contribution in [2.45, 2.75) is 56.8 Å². The number of hydrogen-bond donors (Lipinski definition) is 0. The molecule has 0 radical (unpaired) electrons. The monoisotopic (exact) mass is 306 g/mol. The molecule has 2 aliphatic rings. The molecule has 0 nitrogen and oxygen atoms in total. The molecule has 0 unspecified atom stereocenters. The largest absolute Gasteiger partial charge is 0.0792 e. The smallest absolute Gasteiger partial charge is 0.0199 e. The average Bonchev–Trinajstić information content (AvgIpc) is 2.55. The van der Waals surface area contributed by atoms with Gasteiger partial charge >= 0.3 is 0 Å². The van der Waals surface area contributed by atoms with Crippen molar-refractivity contribution in [2.75, 3.05) is 0 Å². The summed E-state index contributed by atoms with van der Waals surface area (Å²) in [5, 5.41) is 0. The van der Waals surface area contributed by atoms with Gasteiger partial charge in [-0.25, -0.2) is 0 Å². The standard InChI is InChI=1S/C13H23I/c1-5-13(4)9(2)11(13)6-10-7-12(3,14)8-10/h9-11H,5-8H2,1-4H3/t9-,10?,11+,12?,13-/m0/s1. The Hall–Kier alpha value is 0.730. The quantitative estimate of drug-likeness (QED) is 0.525. The predicted molar refractivity (Wildman–Crippen MR) is 70.8 cm³/mol. The highest BCUT2D eigenvalue weighted by atomic mass is 127. The Bertz CT molecular complexity index is 225. The van der Waals surface area contributed by atoms with E-state index in [1.165, 1.54) is 25.7 Å². The van der Waals surface area contributed by atoms with Crippen LogP contribution in [-0.2, 0) is 0 Å². The van der Waals surface area contributed by atoms with E-state index in [9.17, 15) is 0 Å². The van der Waals surface area contributed by atoms with Crippen molar-refractivity contribution in [3.63, 3.8) is 0 Å². The number of alkyl halides is 1. The van der Waals surface area contributed by atoms with E-state index < -0.39 is 0 Å². The summed E-state index contributed by atoms with van der Waals surface area (Å²) in [6.45, 7) is 9.71. The molecule has 0 spiro atoms. The van der Waals surface area contributed by atoms with Gasteiger partial charge in [0.1, 0.15) is 0 Å². The van der Waals surface area contributed by atoms with Gasteiger partial charge < -0.3 is 0 Å². The number of hydrogen-bond acceptors (Lipinski definition) is 0. The first kappa shape index (κ1) is 11.2. The molecule has 82 valence electrons. The molecule has 0 aromatic rings. The van der Waals surface area contributed by atoms with Crippen molar-refractivity contribution in [1.82, 2.24) is 0 Å². The van der Waals surface area contributed by atoms with Crippen LogP contribution in [0.3, 0.4) is 0 Å². The minimum atomic E-state index is 0.642. The number of rotatable bonds is 3. The minimum Gasteiger partial charge on any atom is -0.0792 e. The van der Waals surface area contributed by atoms with E-state index in [0.29, 0.717) is 8.84 Å². The Kier molecular flexibility index (Phi) is 2.69. The summed E-state index contributed by atoms with van der Waals surface area (Å²) in [5.41, 5.74) is 0.706. The zero-order chi connectivity index (χ0) is 10.6. The van der Waals surface area contributed by atoms with Crippen molar-refractivity contribution in [3.8, 4) is 0 Å². The van der Waals surface area contributed by atoms with Crippen LogP contribution in [0.5, 0.6) is 0 Å². The summed E-state index contributed by atoms with van der Waals surface area (Å²) in [6.07, 6.45) is 5.84. The summed E-state index contributed by atoms with van der Waals surface area (Å²) >= 11 is 2.63. The molecular formula is C13H23I. The molecule has 1 heteroatoms. The topological polar surface area (TPSA) is 0 Å². The van der Waals surface area contributed by atoms with Crippen LogP contribution in [0.15, 0.2) is 0 Å². The van der Waals surface area contributed by atoms with Crippen molar-refractivity contribution in [2.24, 2.45) is 23.2 Å². The third-order valence-corrected chi connectivity index (χ3v) is 6.04. The molecule has 14 heavy (non-hydrogen) atoms. The highest BCUT2D eigenvalue weighted by Crippen LogP contribution is 2.64.